The van der Waals surface area contributed by atoms with Gasteiger partial charge in [-0.1, -0.05) is 17.9 Å². The Labute approximate surface area is 138 Å². The van der Waals surface area contributed by atoms with Gasteiger partial charge in [0.1, 0.15) is 0 Å². The van der Waals surface area contributed by atoms with Gasteiger partial charge in [0.25, 0.3) is 0 Å². The topological polar surface area (TPSA) is 36.4 Å². The van der Waals surface area contributed by atoms with Crippen LogP contribution in [0.5, 0.6) is 0 Å². The molecule has 0 amide bonds. The number of aliphatic hydroxyl groups excluding tert-OH is 1. The van der Waals surface area contributed by atoms with Crippen LogP contribution in [0.25, 0.3) is 0 Å². The number of halogens is 3. The Hall–Kier alpha value is -2.36. The van der Waals surface area contributed by atoms with Crippen LogP contribution in [-0.4, -0.2) is 34.7 Å². The Balaban J connectivity index is 1.98. The highest BCUT2D eigenvalue weighted by Gasteiger charge is 2.29. The summed E-state index contributed by atoms with van der Waals surface area (Å²) >= 11 is 0. The van der Waals surface area contributed by atoms with E-state index in [9.17, 15) is 13.2 Å². The molecule has 0 spiro atoms. The predicted octanol–water partition coefficient (Wildman–Crippen LogP) is 2.95. The van der Waals surface area contributed by atoms with E-state index in [1.807, 2.05) is 17.0 Å². The summed E-state index contributed by atoms with van der Waals surface area (Å²) < 4.78 is 37.5. The molecule has 0 aliphatic rings. The van der Waals surface area contributed by atoms with Gasteiger partial charge in [-0.05, 0) is 35.9 Å². The molecular formula is C18H17F3N2O. The molecule has 1 N–H and O–H groups in total. The summed E-state index contributed by atoms with van der Waals surface area (Å²) in [6.07, 6.45) is -0.911. The Morgan fingerprint density at radius 3 is 2.46 bits per heavy atom. The molecule has 1 aromatic heterocycles. The fourth-order valence-electron chi connectivity index (χ4n) is 2.10. The molecule has 0 aliphatic carbocycles. The summed E-state index contributed by atoms with van der Waals surface area (Å²) in [6, 6.07) is 8.51. The first-order valence-electron chi connectivity index (χ1n) is 7.37. The highest BCUT2D eigenvalue weighted by Crippen LogP contribution is 2.28. The molecule has 0 fully saturated rings. The number of hydrogen-bond donors (Lipinski definition) is 1. The monoisotopic (exact) mass is 334 g/mol. The molecule has 1 aromatic carbocycles. The first kappa shape index (κ1) is 18.0. The molecule has 0 saturated heterocycles. The lowest BCUT2D eigenvalue weighted by atomic mass is 10.1. The maximum Gasteiger partial charge on any atom is 0.416 e. The van der Waals surface area contributed by atoms with E-state index in [0.29, 0.717) is 25.2 Å². The molecule has 3 nitrogen and oxygen atoms in total. The number of hydrogen-bond acceptors (Lipinski definition) is 3. The van der Waals surface area contributed by atoms with Crippen molar-refractivity contribution in [3.05, 3.63) is 65.5 Å². The van der Waals surface area contributed by atoms with Crippen molar-refractivity contribution >= 4 is 0 Å². The molecule has 0 unspecified atom stereocenters. The molecule has 0 atom stereocenters. The zero-order valence-corrected chi connectivity index (χ0v) is 12.9. The van der Waals surface area contributed by atoms with Gasteiger partial charge in [-0.3, -0.25) is 9.88 Å². The van der Waals surface area contributed by atoms with E-state index in [-0.39, 0.29) is 6.61 Å². The van der Waals surface area contributed by atoms with Crippen molar-refractivity contribution in [3.63, 3.8) is 0 Å². The van der Waals surface area contributed by atoms with Crippen molar-refractivity contribution in [1.29, 1.82) is 0 Å². The number of aliphatic hydroxyl groups is 1. The van der Waals surface area contributed by atoms with Crippen LogP contribution in [0.3, 0.4) is 0 Å². The molecule has 126 valence electrons. The average molecular weight is 334 g/mol. The zero-order chi connectivity index (χ0) is 17.4. The summed E-state index contributed by atoms with van der Waals surface area (Å²) in [7, 11) is 0. The van der Waals surface area contributed by atoms with Crippen LogP contribution in [0, 0.1) is 11.8 Å². The highest BCUT2D eigenvalue weighted by atomic mass is 19.4. The third kappa shape index (κ3) is 5.69. The van der Waals surface area contributed by atoms with Crippen LogP contribution in [0.2, 0.25) is 0 Å². The van der Waals surface area contributed by atoms with Crippen LogP contribution in [0.1, 0.15) is 16.7 Å². The highest BCUT2D eigenvalue weighted by molar-refractivity contribution is 5.37. The second kappa shape index (κ2) is 8.48. The third-order valence-electron chi connectivity index (χ3n) is 3.29. The smallest absolute Gasteiger partial charge is 0.395 e. The average Bonchev–Trinajstić information content (AvgIpc) is 2.55. The molecule has 2 rings (SSSR count). The van der Waals surface area contributed by atoms with E-state index in [4.69, 9.17) is 5.11 Å². The van der Waals surface area contributed by atoms with Crippen molar-refractivity contribution in [2.24, 2.45) is 0 Å². The van der Waals surface area contributed by atoms with Gasteiger partial charge in [-0.15, -0.1) is 0 Å². The van der Waals surface area contributed by atoms with Gasteiger partial charge in [-0.25, -0.2) is 0 Å². The summed E-state index contributed by atoms with van der Waals surface area (Å²) in [4.78, 5) is 5.98. The van der Waals surface area contributed by atoms with Crippen molar-refractivity contribution in [2.75, 3.05) is 19.7 Å². The largest absolute Gasteiger partial charge is 0.416 e. The number of pyridine rings is 1. The van der Waals surface area contributed by atoms with Gasteiger partial charge < -0.3 is 5.11 Å². The van der Waals surface area contributed by atoms with E-state index in [1.165, 1.54) is 12.1 Å². The molecule has 0 bridgehead atoms. The van der Waals surface area contributed by atoms with Crippen molar-refractivity contribution < 1.29 is 18.3 Å². The number of benzene rings is 1. The van der Waals surface area contributed by atoms with Gasteiger partial charge in [0.05, 0.1) is 18.7 Å². The summed E-state index contributed by atoms with van der Waals surface area (Å²) in [6.45, 7) is 1.45. The van der Waals surface area contributed by atoms with E-state index < -0.39 is 11.7 Å². The minimum atomic E-state index is -4.34. The predicted molar refractivity (Wildman–Crippen MR) is 84.9 cm³/mol. The SMILES string of the molecule is OCCN(CC#Cc1ccc(C(F)(F)F)cc1)Cc1cccnc1. The maximum absolute atomic E-state index is 12.5. The molecule has 24 heavy (non-hydrogen) atoms. The fraction of sp³-hybridized carbons (Fsp3) is 0.278. The van der Waals surface area contributed by atoms with Crippen LogP contribution in [-0.2, 0) is 12.7 Å². The first-order chi connectivity index (χ1) is 11.5. The van der Waals surface area contributed by atoms with Crippen molar-refractivity contribution in [3.8, 4) is 11.8 Å². The van der Waals surface area contributed by atoms with Crippen molar-refractivity contribution in [1.82, 2.24) is 9.88 Å². The number of alkyl halides is 3. The standard InChI is InChI=1S/C18H17F3N2O/c19-18(20,21)17-7-5-15(6-8-17)4-2-10-23(11-12-24)14-16-3-1-9-22-13-16/h1,3,5-9,13,24H,10-12,14H2. The van der Waals surface area contributed by atoms with Crippen LogP contribution < -0.4 is 0 Å². The van der Waals surface area contributed by atoms with Crippen molar-refractivity contribution in [2.45, 2.75) is 12.7 Å². The minimum absolute atomic E-state index is 0.00220. The van der Waals surface area contributed by atoms with Gasteiger partial charge in [0.2, 0.25) is 0 Å². The van der Waals surface area contributed by atoms with E-state index >= 15 is 0 Å². The maximum atomic E-state index is 12.5. The van der Waals surface area contributed by atoms with Gasteiger partial charge in [0, 0.05) is 31.0 Å². The lowest BCUT2D eigenvalue weighted by Crippen LogP contribution is -2.26. The second-order valence-corrected chi connectivity index (χ2v) is 5.17. The fourth-order valence-corrected chi connectivity index (χ4v) is 2.10. The molecule has 0 aliphatic heterocycles. The molecule has 0 radical (unpaired) electrons. The first-order valence-corrected chi connectivity index (χ1v) is 7.37. The van der Waals surface area contributed by atoms with E-state index in [2.05, 4.69) is 16.8 Å². The molecular weight excluding hydrogens is 317 g/mol. The quantitative estimate of drug-likeness (QED) is 0.854. The third-order valence-corrected chi connectivity index (χ3v) is 3.29. The summed E-state index contributed by atoms with van der Waals surface area (Å²) in [5.74, 6) is 5.77. The molecule has 1 heterocycles. The molecule has 0 saturated carbocycles. The Bertz CT molecular complexity index is 688. The lowest BCUT2D eigenvalue weighted by molar-refractivity contribution is -0.137. The van der Waals surface area contributed by atoms with E-state index in [0.717, 1.165) is 17.7 Å². The lowest BCUT2D eigenvalue weighted by Gasteiger charge is -2.18. The Kier molecular flexibility index (Phi) is 6.36. The zero-order valence-electron chi connectivity index (χ0n) is 12.9. The number of rotatable bonds is 5. The summed E-state index contributed by atoms with van der Waals surface area (Å²) in [5.41, 5.74) is 0.835. The molecule has 2 aromatic rings. The Morgan fingerprint density at radius 2 is 1.88 bits per heavy atom. The second-order valence-electron chi connectivity index (χ2n) is 5.17. The molecule has 6 heteroatoms. The van der Waals surface area contributed by atoms with Gasteiger partial charge in [-0.2, -0.15) is 13.2 Å². The Morgan fingerprint density at radius 1 is 1.12 bits per heavy atom. The normalized spacial score (nSPS) is 11.2. The van der Waals surface area contributed by atoms with Crippen LogP contribution in [0.15, 0.2) is 48.8 Å². The van der Waals surface area contributed by atoms with Gasteiger partial charge >= 0.3 is 6.18 Å². The summed E-state index contributed by atoms with van der Waals surface area (Å²) in [5, 5.41) is 9.13. The minimum Gasteiger partial charge on any atom is -0.395 e. The van der Waals surface area contributed by atoms with Crippen LogP contribution >= 0.6 is 0 Å². The number of nitrogens with zero attached hydrogens (tertiary/aromatic N) is 2. The van der Waals surface area contributed by atoms with E-state index in [1.54, 1.807) is 12.4 Å². The van der Waals surface area contributed by atoms with Crippen LogP contribution in [0.4, 0.5) is 13.2 Å². The number of aromatic nitrogens is 1. The van der Waals surface area contributed by atoms with Gasteiger partial charge in [0.15, 0.2) is 0 Å².